The number of nitrogens with zero attached hydrogens (tertiary/aromatic N) is 3. The Morgan fingerprint density at radius 2 is 2.05 bits per heavy atom. The van der Waals surface area contributed by atoms with E-state index in [0.29, 0.717) is 12.3 Å². The first kappa shape index (κ1) is 14.6. The minimum Gasteiger partial charge on any atom is -0.484 e. The molecule has 1 amide bonds. The van der Waals surface area contributed by atoms with Crippen LogP contribution < -0.4 is 10.1 Å². The van der Waals surface area contributed by atoms with E-state index in [1.807, 2.05) is 30.3 Å². The number of aryl methyl sites for hydroxylation is 1. The lowest BCUT2D eigenvalue weighted by Crippen LogP contribution is -2.29. The summed E-state index contributed by atoms with van der Waals surface area (Å²) >= 11 is 0. The van der Waals surface area contributed by atoms with Crippen LogP contribution >= 0.6 is 0 Å². The molecule has 0 spiro atoms. The molecule has 6 heteroatoms. The number of rotatable bonds is 5. The van der Waals surface area contributed by atoms with E-state index >= 15 is 0 Å². The first-order chi connectivity index (χ1) is 10.8. The largest absolute Gasteiger partial charge is 0.484 e. The molecule has 3 rings (SSSR count). The number of hydrogen-bond acceptors (Lipinski definition) is 4. The number of nitrogens with one attached hydrogen (secondary N) is 1. The van der Waals surface area contributed by atoms with Crippen molar-refractivity contribution in [3.8, 4) is 5.75 Å². The highest BCUT2D eigenvalue weighted by atomic mass is 16.5. The Kier molecular flexibility index (Phi) is 4.68. The van der Waals surface area contributed by atoms with Crippen LogP contribution in [-0.4, -0.2) is 27.3 Å². The van der Waals surface area contributed by atoms with E-state index in [1.54, 1.807) is 0 Å². The van der Waals surface area contributed by atoms with Crippen molar-refractivity contribution in [2.75, 3.05) is 6.61 Å². The van der Waals surface area contributed by atoms with Crippen molar-refractivity contribution in [2.45, 2.75) is 38.8 Å². The van der Waals surface area contributed by atoms with E-state index in [0.717, 1.165) is 37.5 Å². The summed E-state index contributed by atoms with van der Waals surface area (Å²) in [6, 6.07) is 9.30. The lowest BCUT2D eigenvalue weighted by molar-refractivity contribution is -0.123. The number of aromatic nitrogens is 3. The third kappa shape index (κ3) is 3.63. The molecule has 1 aliphatic heterocycles. The highest BCUT2D eigenvalue weighted by Crippen LogP contribution is 2.14. The van der Waals surface area contributed by atoms with Crippen LogP contribution in [0.2, 0.25) is 0 Å². The summed E-state index contributed by atoms with van der Waals surface area (Å²) in [5.74, 6) is 2.39. The van der Waals surface area contributed by atoms with Gasteiger partial charge in [-0.1, -0.05) is 24.6 Å². The van der Waals surface area contributed by atoms with Gasteiger partial charge in [0.05, 0.1) is 6.54 Å². The Bertz CT molecular complexity index is 624. The number of fused-ring (bicyclic) bond motifs is 1. The normalized spacial score (nSPS) is 14.0. The van der Waals surface area contributed by atoms with Gasteiger partial charge in [0, 0.05) is 13.0 Å². The average molecular weight is 300 g/mol. The van der Waals surface area contributed by atoms with Gasteiger partial charge in [-0.15, -0.1) is 10.2 Å². The van der Waals surface area contributed by atoms with E-state index < -0.39 is 0 Å². The van der Waals surface area contributed by atoms with Crippen LogP contribution in [0.25, 0.3) is 0 Å². The first-order valence-electron chi connectivity index (χ1n) is 7.68. The van der Waals surface area contributed by atoms with Gasteiger partial charge < -0.3 is 14.6 Å². The fraction of sp³-hybridized carbons (Fsp3) is 0.438. The van der Waals surface area contributed by atoms with Crippen molar-refractivity contribution in [1.82, 2.24) is 20.1 Å². The molecular weight excluding hydrogens is 280 g/mol. The molecule has 1 aromatic carbocycles. The van der Waals surface area contributed by atoms with Crippen molar-refractivity contribution < 1.29 is 9.53 Å². The van der Waals surface area contributed by atoms with E-state index in [9.17, 15) is 4.79 Å². The molecule has 6 nitrogen and oxygen atoms in total. The van der Waals surface area contributed by atoms with Gasteiger partial charge in [-0.25, -0.2) is 0 Å². The molecule has 1 aromatic heterocycles. The Hall–Kier alpha value is -2.37. The number of carbonyl (C=O) groups is 1. The molecule has 116 valence electrons. The fourth-order valence-electron chi connectivity index (χ4n) is 2.57. The van der Waals surface area contributed by atoms with Crippen LogP contribution in [0.5, 0.6) is 5.75 Å². The quantitative estimate of drug-likeness (QED) is 0.912. The maximum atomic E-state index is 11.9. The summed E-state index contributed by atoms with van der Waals surface area (Å²) in [4.78, 5) is 11.9. The van der Waals surface area contributed by atoms with Gasteiger partial charge in [-0.2, -0.15) is 0 Å². The van der Waals surface area contributed by atoms with Gasteiger partial charge in [-0.3, -0.25) is 4.79 Å². The van der Waals surface area contributed by atoms with Gasteiger partial charge >= 0.3 is 0 Å². The second kappa shape index (κ2) is 7.06. The van der Waals surface area contributed by atoms with E-state index in [1.165, 1.54) is 6.42 Å². The molecule has 0 radical (unpaired) electrons. The van der Waals surface area contributed by atoms with Crippen LogP contribution in [0.1, 0.15) is 30.9 Å². The van der Waals surface area contributed by atoms with Crippen molar-refractivity contribution in [1.29, 1.82) is 0 Å². The molecule has 0 bridgehead atoms. The van der Waals surface area contributed by atoms with Crippen molar-refractivity contribution in [3.63, 3.8) is 0 Å². The molecule has 0 saturated heterocycles. The van der Waals surface area contributed by atoms with Crippen LogP contribution in [-0.2, 0) is 24.3 Å². The zero-order valence-electron chi connectivity index (χ0n) is 12.5. The molecule has 0 unspecified atom stereocenters. The molecule has 0 saturated carbocycles. The van der Waals surface area contributed by atoms with Gasteiger partial charge in [0.25, 0.3) is 5.91 Å². The van der Waals surface area contributed by atoms with Gasteiger partial charge in [0.2, 0.25) is 0 Å². The number of amides is 1. The van der Waals surface area contributed by atoms with Gasteiger partial charge in [0.1, 0.15) is 11.6 Å². The lowest BCUT2D eigenvalue weighted by atomic mass is 10.2. The van der Waals surface area contributed by atoms with E-state index in [-0.39, 0.29) is 12.5 Å². The zero-order valence-corrected chi connectivity index (χ0v) is 12.5. The Morgan fingerprint density at radius 1 is 1.18 bits per heavy atom. The van der Waals surface area contributed by atoms with Crippen LogP contribution in [0, 0.1) is 0 Å². The van der Waals surface area contributed by atoms with Crippen LogP contribution in [0.15, 0.2) is 30.3 Å². The van der Waals surface area contributed by atoms with Crippen LogP contribution in [0.4, 0.5) is 0 Å². The lowest BCUT2D eigenvalue weighted by Gasteiger charge is -2.09. The highest BCUT2D eigenvalue weighted by molar-refractivity contribution is 5.77. The minimum absolute atomic E-state index is 0.00497. The molecule has 0 fully saturated rings. The van der Waals surface area contributed by atoms with Crippen LogP contribution in [0.3, 0.4) is 0 Å². The molecule has 0 atom stereocenters. The summed E-state index contributed by atoms with van der Waals surface area (Å²) in [5, 5.41) is 11.2. The number of hydrogen-bond donors (Lipinski definition) is 1. The summed E-state index contributed by atoms with van der Waals surface area (Å²) in [7, 11) is 0. The third-order valence-electron chi connectivity index (χ3n) is 3.74. The monoisotopic (exact) mass is 300 g/mol. The molecule has 1 N–H and O–H groups in total. The number of ether oxygens (including phenoxy) is 1. The van der Waals surface area contributed by atoms with Crippen molar-refractivity contribution in [3.05, 3.63) is 42.0 Å². The number of benzene rings is 1. The maximum absolute atomic E-state index is 11.9. The maximum Gasteiger partial charge on any atom is 0.258 e. The standard InChI is InChI=1S/C16H20N4O2/c21-16(12-22-13-7-3-1-4-8-13)17-11-15-19-18-14-9-5-2-6-10-20(14)15/h1,3-4,7-8H,2,5-6,9-12H2,(H,17,21). The summed E-state index contributed by atoms with van der Waals surface area (Å²) in [5.41, 5.74) is 0. The summed E-state index contributed by atoms with van der Waals surface area (Å²) in [6.07, 6.45) is 4.50. The second-order valence-corrected chi connectivity index (χ2v) is 5.37. The number of carbonyl (C=O) groups excluding carboxylic acids is 1. The van der Waals surface area contributed by atoms with Gasteiger partial charge in [-0.05, 0) is 25.0 Å². The minimum atomic E-state index is -0.158. The topological polar surface area (TPSA) is 69.0 Å². The summed E-state index contributed by atoms with van der Waals surface area (Å²) in [6.45, 7) is 1.34. The average Bonchev–Trinajstić information content (AvgIpc) is 2.78. The second-order valence-electron chi connectivity index (χ2n) is 5.37. The third-order valence-corrected chi connectivity index (χ3v) is 3.74. The summed E-state index contributed by atoms with van der Waals surface area (Å²) < 4.78 is 7.55. The molecule has 1 aliphatic rings. The SMILES string of the molecule is O=C(COc1ccccc1)NCc1nnc2n1CCCCC2. The molecule has 2 aromatic rings. The first-order valence-corrected chi connectivity index (χ1v) is 7.68. The molecule has 0 aliphatic carbocycles. The van der Waals surface area contributed by atoms with Gasteiger partial charge in [0.15, 0.2) is 12.4 Å². The molecule has 22 heavy (non-hydrogen) atoms. The smallest absolute Gasteiger partial charge is 0.258 e. The van der Waals surface area contributed by atoms with Crippen molar-refractivity contribution in [2.24, 2.45) is 0 Å². The van der Waals surface area contributed by atoms with E-state index in [4.69, 9.17) is 4.74 Å². The Morgan fingerprint density at radius 3 is 2.91 bits per heavy atom. The van der Waals surface area contributed by atoms with Crippen molar-refractivity contribution >= 4 is 5.91 Å². The number of para-hydroxylation sites is 1. The Labute approximate surface area is 129 Å². The Balaban J connectivity index is 1.50. The molecular formula is C16H20N4O2. The fourth-order valence-corrected chi connectivity index (χ4v) is 2.57. The predicted octanol–water partition coefficient (Wildman–Crippen LogP) is 1.70. The molecule has 2 heterocycles. The highest BCUT2D eigenvalue weighted by Gasteiger charge is 2.15. The predicted molar refractivity (Wildman–Crippen MR) is 81.4 cm³/mol. The zero-order chi connectivity index (χ0) is 15.2. The van der Waals surface area contributed by atoms with E-state index in [2.05, 4.69) is 20.1 Å².